The van der Waals surface area contributed by atoms with Crippen LogP contribution < -0.4 is 20.2 Å². The second-order valence-corrected chi connectivity index (χ2v) is 9.89. The molecule has 0 radical (unpaired) electrons. The van der Waals surface area contributed by atoms with E-state index in [4.69, 9.17) is 44.3 Å². The van der Waals surface area contributed by atoms with E-state index in [1.165, 1.54) is 42.9 Å². The molecule has 0 atom stereocenters. The van der Waals surface area contributed by atoms with Crippen LogP contribution in [0.4, 0.5) is 0 Å². The Bertz CT molecular complexity index is 1570. The number of fused-ring (bicyclic) bond motifs is 1. The SMILES string of the molecule is COc1cc(/C=N\NC(=O)CNC(=O)c2ccc(Cl)c(Cl)c2)ccc1OC(=O)c1sc2ccccc2c1Cl. The van der Waals surface area contributed by atoms with Crippen molar-refractivity contribution in [1.82, 2.24) is 10.7 Å². The minimum atomic E-state index is -0.605. The highest BCUT2D eigenvalue weighted by atomic mass is 35.5. The fourth-order valence-electron chi connectivity index (χ4n) is 3.26. The Hall–Kier alpha value is -3.63. The molecule has 8 nitrogen and oxygen atoms in total. The first kappa shape index (κ1) is 27.4. The van der Waals surface area contributed by atoms with Crippen LogP contribution in [0.15, 0.2) is 65.8 Å². The van der Waals surface area contributed by atoms with Crippen LogP contribution in [0.25, 0.3) is 10.1 Å². The number of hydrazone groups is 1. The predicted molar refractivity (Wildman–Crippen MR) is 149 cm³/mol. The summed E-state index contributed by atoms with van der Waals surface area (Å²) in [5, 5.41) is 8.00. The van der Waals surface area contributed by atoms with E-state index in [0.717, 1.165) is 10.1 Å². The number of halogens is 3. The molecule has 2 N–H and O–H groups in total. The molecule has 0 saturated carbocycles. The number of benzene rings is 3. The molecule has 3 aromatic carbocycles. The lowest BCUT2D eigenvalue weighted by atomic mass is 10.2. The highest BCUT2D eigenvalue weighted by Gasteiger charge is 2.20. The predicted octanol–water partition coefficient (Wildman–Crippen LogP) is 5.97. The molecule has 0 aliphatic carbocycles. The van der Waals surface area contributed by atoms with Crippen molar-refractivity contribution in [2.75, 3.05) is 13.7 Å². The Labute approximate surface area is 236 Å². The Morgan fingerprint density at radius 3 is 2.50 bits per heavy atom. The summed E-state index contributed by atoms with van der Waals surface area (Å²) in [6.45, 7) is -0.311. The molecule has 1 aromatic heterocycles. The van der Waals surface area contributed by atoms with Crippen LogP contribution in [-0.4, -0.2) is 37.7 Å². The molecule has 194 valence electrons. The summed E-state index contributed by atoms with van der Waals surface area (Å²) in [7, 11) is 1.43. The summed E-state index contributed by atoms with van der Waals surface area (Å²) in [6, 6.07) is 16.5. The van der Waals surface area contributed by atoms with Gasteiger partial charge in [0.05, 0.1) is 34.9 Å². The number of rotatable bonds is 8. The van der Waals surface area contributed by atoms with Crippen LogP contribution in [0.1, 0.15) is 25.6 Å². The van der Waals surface area contributed by atoms with Crippen molar-refractivity contribution in [2.45, 2.75) is 0 Å². The van der Waals surface area contributed by atoms with Crippen molar-refractivity contribution in [1.29, 1.82) is 0 Å². The lowest BCUT2D eigenvalue weighted by Crippen LogP contribution is -2.34. The molecular formula is C26H18Cl3N3O5S. The number of thiophene rings is 1. The van der Waals surface area contributed by atoms with Crippen LogP contribution in [-0.2, 0) is 4.79 Å². The number of hydrogen-bond acceptors (Lipinski definition) is 7. The van der Waals surface area contributed by atoms with E-state index in [0.29, 0.717) is 15.6 Å². The van der Waals surface area contributed by atoms with Gasteiger partial charge in [-0.3, -0.25) is 9.59 Å². The van der Waals surface area contributed by atoms with Crippen molar-refractivity contribution < 1.29 is 23.9 Å². The van der Waals surface area contributed by atoms with Gasteiger partial charge in [0.15, 0.2) is 11.5 Å². The zero-order chi connectivity index (χ0) is 27.2. The largest absolute Gasteiger partial charge is 0.493 e. The van der Waals surface area contributed by atoms with Gasteiger partial charge < -0.3 is 14.8 Å². The number of methoxy groups -OCH3 is 1. The zero-order valence-electron chi connectivity index (χ0n) is 19.6. The quantitative estimate of drug-likeness (QED) is 0.114. The van der Waals surface area contributed by atoms with E-state index in [-0.39, 0.29) is 33.5 Å². The average molecular weight is 591 g/mol. The number of carbonyl (C=O) groups is 3. The van der Waals surface area contributed by atoms with Crippen molar-refractivity contribution in [3.05, 3.63) is 91.7 Å². The monoisotopic (exact) mass is 589 g/mol. The van der Waals surface area contributed by atoms with E-state index in [1.54, 1.807) is 18.2 Å². The summed E-state index contributed by atoms with van der Waals surface area (Å²) < 4.78 is 11.7. The third kappa shape index (κ3) is 6.43. The maximum Gasteiger partial charge on any atom is 0.355 e. The van der Waals surface area contributed by atoms with Crippen LogP contribution in [0.2, 0.25) is 15.1 Å². The highest BCUT2D eigenvalue weighted by molar-refractivity contribution is 7.21. The van der Waals surface area contributed by atoms with Gasteiger partial charge >= 0.3 is 5.97 Å². The molecule has 1 heterocycles. The van der Waals surface area contributed by atoms with Gasteiger partial charge in [0.1, 0.15) is 4.88 Å². The minimum absolute atomic E-state index is 0.192. The van der Waals surface area contributed by atoms with E-state index >= 15 is 0 Å². The zero-order valence-corrected chi connectivity index (χ0v) is 22.7. The molecule has 4 rings (SSSR count). The molecule has 0 aliphatic heterocycles. The van der Waals surface area contributed by atoms with Gasteiger partial charge in [-0.25, -0.2) is 10.2 Å². The Balaban J connectivity index is 1.34. The number of ether oxygens (including phenoxy) is 2. The average Bonchev–Trinajstić information content (AvgIpc) is 3.26. The first-order chi connectivity index (χ1) is 18.3. The van der Waals surface area contributed by atoms with E-state index in [1.807, 2.05) is 24.3 Å². The van der Waals surface area contributed by atoms with Crippen LogP contribution in [0, 0.1) is 0 Å². The van der Waals surface area contributed by atoms with Crippen LogP contribution >= 0.6 is 46.1 Å². The van der Waals surface area contributed by atoms with Crippen LogP contribution in [0.5, 0.6) is 11.5 Å². The third-order valence-electron chi connectivity index (χ3n) is 5.10. The van der Waals surface area contributed by atoms with E-state index in [2.05, 4.69) is 15.8 Å². The fourth-order valence-corrected chi connectivity index (χ4v) is 4.94. The highest BCUT2D eigenvalue weighted by Crippen LogP contribution is 2.37. The van der Waals surface area contributed by atoms with Gasteiger partial charge in [0.25, 0.3) is 11.8 Å². The number of amides is 2. The molecule has 0 spiro atoms. The van der Waals surface area contributed by atoms with Crippen molar-refractivity contribution in [3.63, 3.8) is 0 Å². The number of carbonyl (C=O) groups excluding carboxylic acids is 3. The molecule has 38 heavy (non-hydrogen) atoms. The second kappa shape index (κ2) is 12.3. The number of nitrogens with zero attached hydrogens (tertiary/aromatic N) is 1. The summed E-state index contributed by atoms with van der Waals surface area (Å²) in [5.41, 5.74) is 3.13. The molecule has 0 fully saturated rings. The molecular weight excluding hydrogens is 573 g/mol. The molecule has 0 aliphatic rings. The topological polar surface area (TPSA) is 106 Å². The summed E-state index contributed by atoms with van der Waals surface area (Å²) in [4.78, 5) is 37.2. The first-order valence-electron chi connectivity index (χ1n) is 10.9. The normalized spacial score (nSPS) is 10.9. The van der Waals surface area contributed by atoms with Gasteiger partial charge in [-0.15, -0.1) is 11.3 Å². The molecule has 0 saturated heterocycles. The van der Waals surface area contributed by atoms with E-state index in [9.17, 15) is 14.4 Å². The Morgan fingerprint density at radius 1 is 0.974 bits per heavy atom. The summed E-state index contributed by atoms with van der Waals surface area (Å²) >= 11 is 19.4. The Kier molecular flexibility index (Phi) is 8.85. The number of esters is 1. The maximum atomic E-state index is 12.8. The smallest absolute Gasteiger partial charge is 0.355 e. The standard InChI is InChI=1S/C26H18Cl3N3O5S/c1-36-20-10-14(12-31-32-22(33)13-30-25(34)15-7-8-17(27)18(28)11-15)6-9-19(20)37-26(35)24-23(29)16-4-2-3-5-21(16)38-24/h2-12H,13H2,1H3,(H,30,34)(H,32,33)/b31-12-. The molecule has 0 unspecified atom stereocenters. The third-order valence-corrected chi connectivity index (χ3v) is 7.50. The van der Waals surface area contributed by atoms with Gasteiger partial charge in [-0.2, -0.15) is 5.10 Å². The minimum Gasteiger partial charge on any atom is -0.493 e. The molecule has 12 heteroatoms. The van der Waals surface area contributed by atoms with Crippen LogP contribution in [0.3, 0.4) is 0 Å². The second-order valence-electron chi connectivity index (χ2n) is 7.65. The summed E-state index contributed by atoms with van der Waals surface area (Å²) in [5.74, 6) is -1.18. The van der Waals surface area contributed by atoms with E-state index < -0.39 is 17.8 Å². The molecule has 0 bridgehead atoms. The van der Waals surface area contributed by atoms with Crippen molar-refractivity contribution in [3.8, 4) is 11.5 Å². The maximum absolute atomic E-state index is 12.8. The van der Waals surface area contributed by atoms with Crippen molar-refractivity contribution >= 4 is 80.2 Å². The lowest BCUT2D eigenvalue weighted by Gasteiger charge is -2.09. The fraction of sp³-hybridized carbons (Fsp3) is 0.0769. The molecule has 2 amide bonds. The number of nitrogens with one attached hydrogen (secondary N) is 2. The number of hydrogen-bond donors (Lipinski definition) is 2. The van der Waals surface area contributed by atoms with Gasteiger partial charge in [-0.05, 0) is 48.0 Å². The lowest BCUT2D eigenvalue weighted by molar-refractivity contribution is -0.120. The van der Waals surface area contributed by atoms with Gasteiger partial charge in [-0.1, -0.05) is 53.0 Å². The molecule has 4 aromatic rings. The van der Waals surface area contributed by atoms with Crippen molar-refractivity contribution in [2.24, 2.45) is 5.10 Å². The first-order valence-corrected chi connectivity index (χ1v) is 12.8. The summed E-state index contributed by atoms with van der Waals surface area (Å²) in [6.07, 6.45) is 1.37. The Morgan fingerprint density at radius 2 is 1.76 bits per heavy atom. The van der Waals surface area contributed by atoms with Gasteiger partial charge in [0, 0.05) is 15.6 Å². The van der Waals surface area contributed by atoms with Gasteiger partial charge in [0.2, 0.25) is 0 Å².